The first kappa shape index (κ1) is 8.23. The largest absolute Gasteiger partial charge is 0.485 e. The lowest BCUT2D eigenvalue weighted by atomic mass is 10.1. The van der Waals surface area contributed by atoms with E-state index in [0.29, 0.717) is 5.69 Å². The summed E-state index contributed by atoms with van der Waals surface area (Å²) in [7, 11) is 0. The summed E-state index contributed by atoms with van der Waals surface area (Å²) in [6.45, 7) is 4.89. The SMILES string of the molecule is Cc1cc(N)c2c(c1)NCC(C)O2. The minimum atomic E-state index is 0.192. The molecule has 0 saturated carbocycles. The van der Waals surface area contributed by atoms with Crippen LogP contribution in [0.4, 0.5) is 11.4 Å². The molecule has 1 atom stereocenters. The van der Waals surface area contributed by atoms with Gasteiger partial charge in [0.25, 0.3) is 0 Å². The summed E-state index contributed by atoms with van der Waals surface area (Å²) in [4.78, 5) is 0. The average molecular weight is 178 g/mol. The quantitative estimate of drug-likeness (QED) is 0.595. The number of nitrogens with two attached hydrogens (primary N) is 1. The Balaban J connectivity index is 2.47. The fraction of sp³-hybridized carbons (Fsp3) is 0.400. The fourth-order valence-corrected chi connectivity index (χ4v) is 1.56. The number of nitrogen functional groups attached to an aromatic ring is 1. The second-order valence-corrected chi connectivity index (χ2v) is 3.54. The van der Waals surface area contributed by atoms with Gasteiger partial charge in [-0.2, -0.15) is 0 Å². The van der Waals surface area contributed by atoms with Gasteiger partial charge in [-0.3, -0.25) is 0 Å². The zero-order chi connectivity index (χ0) is 9.42. The second-order valence-electron chi connectivity index (χ2n) is 3.54. The lowest BCUT2D eigenvalue weighted by Crippen LogP contribution is -2.28. The van der Waals surface area contributed by atoms with Crippen LogP contribution in [0, 0.1) is 6.92 Å². The van der Waals surface area contributed by atoms with Crippen LogP contribution in [-0.2, 0) is 0 Å². The van der Waals surface area contributed by atoms with Crippen molar-refractivity contribution in [3.63, 3.8) is 0 Å². The summed E-state index contributed by atoms with van der Waals surface area (Å²) < 4.78 is 5.63. The highest BCUT2D eigenvalue weighted by Crippen LogP contribution is 2.35. The summed E-state index contributed by atoms with van der Waals surface area (Å²) >= 11 is 0. The molecule has 1 aliphatic heterocycles. The molecule has 3 N–H and O–H groups in total. The molecule has 0 saturated heterocycles. The van der Waals surface area contributed by atoms with Crippen molar-refractivity contribution in [3.05, 3.63) is 17.7 Å². The topological polar surface area (TPSA) is 47.3 Å². The molecule has 3 heteroatoms. The number of benzene rings is 1. The minimum Gasteiger partial charge on any atom is -0.485 e. The Morgan fingerprint density at radius 1 is 1.54 bits per heavy atom. The molecule has 1 heterocycles. The van der Waals surface area contributed by atoms with Gasteiger partial charge in [-0.1, -0.05) is 0 Å². The predicted molar refractivity (Wildman–Crippen MR) is 54.2 cm³/mol. The number of anilines is 2. The summed E-state index contributed by atoms with van der Waals surface area (Å²) in [6.07, 6.45) is 0.192. The highest BCUT2D eigenvalue weighted by molar-refractivity contribution is 5.71. The van der Waals surface area contributed by atoms with Crippen molar-refractivity contribution in [3.8, 4) is 5.75 Å². The van der Waals surface area contributed by atoms with Gasteiger partial charge in [-0.15, -0.1) is 0 Å². The molecule has 0 aromatic heterocycles. The molecule has 1 aromatic rings. The standard InChI is InChI=1S/C10H14N2O/c1-6-3-8(11)10-9(4-6)12-5-7(2)13-10/h3-4,7,12H,5,11H2,1-2H3. The molecule has 0 aliphatic carbocycles. The third-order valence-electron chi connectivity index (χ3n) is 2.16. The summed E-state index contributed by atoms with van der Waals surface area (Å²) in [5.74, 6) is 0.796. The van der Waals surface area contributed by atoms with Gasteiger partial charge in [0.1, 0.15) is 6.10 Å². The number of fused-ring (bicyclic) bond motifs is 1. The molecule has 1 aliphatic rings. The monoisotopic (exact) mass is 178 g/mol. The third kappa shape index (κ3) is 1.41. The van der Waals surface area contributed by atoms with E-state index in [0.717, 1.165) is 23.5 Å². The van der Waals surface area contributed by atoms with Crippen LogP contribution in [0.25, 0.3) is 0 Å². The van der Waals surface area contributed by atoms with Gasteiger partial charge in [0.2, 0.25) is 0 Å². The van der Waals surface area contributed by atoms with E-state index in [-0.39, 0.29) is 6.10 Å². The first-order valence-corrected chi connectivity index (χ1v) is 4.47. The van der Waals surface area contributed by atoms with E-state index in [1.54, 1.807) is 0 Å². The summed E-state index contributed by atoms with van der Waals surface area (Å²) in [5, 5.41) is 3.29. The molecule has 0 bridgehead atoms. The van der Waals surface area contributed by atoms with Crippen LogP contribution in [-0.4, -0.2) is 12.6 Å². The third-order valence-corrected chi connectivity index (χ3v) is 2.16. The molecule has 0 amide bonds. The first-order chi connectivity index (χ1) is 6.16. The minimum absolute atomic E-state index is 0.192. The average Bonchev–Trinajstić information content (AvgIpc) is 2.06. The highest BCUT2D eigenvalue weighted by Gasteiger charge is 2.17. The number of aryl methyl sites for hydroxylation is 1. The van der Waals surface area contributed by atoms with Crippen LogP contribution >= 0.6 is 0 Å². The number of rotatable bonds is 0. The van der Waals surface area contributed by atoms with Gasteiger partial charge < -0.3 is 15.8 Å². The molecular weight excluding hydrogens is 164 g/mol. The van der Waals surface area contributed by atoms with E-state index in [1.807, 2.05) is 19.9 Å². The zero-order valence-electron chi connectivity index (χ0n) is 7.92. The van der Waals surface area contributed by atoms with Crippen molar-refractivity contribution in [2.45, 2.75) is 20.0 Å². The number of hydrogen-bond acceptors (Lipinski definition) is 3. The fourth-order valence-electron chi connectivity index (χ4n) is 1.56. The Labute approximate surface area is 77.9 Å². The number of nitrogens with one attached hydrogen (secondary N) is 1. The molecule has 0 spiro atoms. The first-order valence-electron chi connectivity index (χ1n) is 4.47. The van der Waals surface area contributed by atoms with E-state index in [2.05, 4.69) is 11.4 Å². The number of ether oxygens (including phenoxy) is 1. The molecule has 0 fully saturated rings. The van der Waals surface area contributed by atoms with E-state index < -0.39 is 0 Å². The van der Waals surface area contributed by atoms with Crippen molar-refractivity contribution in [2.75, 3.05) is 17.6 Å². The van der Waals surface area contributed by atoms with Crippen LogP contribution in [0.15, 0.2) is 12.1 Å². The van der Waals surface area contributed by atoms with Gasteiger partial charge >= 0.3 is 0 Å². The van der Waals surface area contributed by atoms with Crippen LogP contribution in [0.5, 0.6) is 5.75 Å². The van der Waals surface area contributed by atoms with Gasteiger partial charge in [0, 0.05) is 0 Å². The van der Waals surface area contributed by atoms with Crippen LogP contribution in [0.3, 0.4) is 0 Å². The molecule has 1 aromatic carbocycles. The van der Waals surface area contributed by atoms with E-state index in [1.165, 1.54) is 0 Å². The Morgan fingerprint density at radius 2 is 2.31 bits per heavy atom. The van der Waals surface area contributed by atoms with Gasteiger partial charge in [0.05, 0.1) is 17.9 Å². The second kappa shape index (κ2) is 2.83. The molecule has 1 unspecified atom stereocenters. The Kier molecular flexibility index (Phi) is 1.79. The molecular formula is C10H14N2O. The van der Waals surface area contributed by atoms with Crippen molar-refractivity contribution >= 4 is 11.4 Å². The normalized spacial score (nSPS) is 20.0. The summed E-state index contributed by atoms with van der Waals surface area (Å²) in [5.41, 5.74) is 8.72. The van der Waals surface area contributed by atoms with Crippen molar-refractivity contribution in [1.82, 2.24) is 0 Å². The lowest BCUT2D eigenvalue weighted by Gasteiger charge is -2.26. The lowest BCUT2D eigenvalue weighted by molar-refractivity contribution is 0.227. The molecule has 13 heavy (non-hydrogen) atoms. The van der Waals surface area contributed by atoms with E-state index in [9.17, 15) is 0 Å². The predicted octanol–water partition coefficient (Wildman–Crippen LogP) is 1.77. The number of hydrogen-bond donors (Lipinski definition) is 2. The molecule has 2 rings (SSSR count). The molecule has 0 radical (unpaired) electrons. The van der Waals surface area contributed by atoms with Crippen LogP contribution < -0.4 is 15.8 Å². The van der Waals surface area contributed by atoms with Crippen molar-refractivity contribution in [1.29, 1.82) is 0 Å². The maximum absolute atomic E-state index is 5.84. The van der Waals surface area contributed by atoms with Crippen LogP contribution in [0.2, 0.25) is 0 Å². The molecule has 70 valence electrons. The molecule has 3 nitrogen and oxygen atoms in total. The smallest absolute Gasteiger partial charge is 0.165 e. The van der Waals surface area contributed by atoms with Gasteiger partial charge in [-0.05, 0) is 31.5 Å². The van der Waals surface area contributed by atoms with Gasteiger partial charge in [0.15, 0.2) is 5.75 Å². The van der Waals surface area contributed by atoms with Crippen molar-refractivity contribution < 1.29 is 4.74 Å². The maximum atomic E-state index is 5.84. The van der Waals surface area contributed by atoms with Crippen LogP contribution in [0.1, 0.15) is 12.5 Å². The van der Waals surface area contributed by atoms with E-state index in [4.69, 9.17) is 10.5 Å². The van der Waals surface area contributed by atoms with Gasteiger partial charge in [-0.25, -0.2) is 0 Å². The van der Waals surface area contributed by atoms with Crippen molar-refractivity contribution in [2.24, 2.45) is 0 Å². The Morgan fingerprint density at radius 3 is 3.08 bits per heavy atom. The highest BCUT2D eigenvalue weighted by atomic mass is 16.5. The van der Waals surface area contributed by atoms with E-state index >= 15 is 0 Å². The summed E-state index contributed by atoms with van der Waals surface area (Å²) in [6, 6.07) is 3.98. The Bertz CT molecular complexity index is 336. The zero-order valence-corrected chi connectivity index (χ0v) is 7.92. The maximum Gasteiger partial charge on any atom is 0.165 e. The Hall–Kier alpha value is -1.38.